The Hall–Kier alpha value is -2.08. The number of nitrogens with zero attached hydrogens (tertiary/aromatic N) is 2. The maximum atomic E-state index is 11.7. The van der Waals surface area contributed by atoms with Crippen LogP contribution in [0.25, 0.3) is 0 Å². The summed E-state index contributed by atoms with van der Waals surface area (Å²) in [6.07, 6.45) is 0. The first-order chi connectivity index (χ1) is 10.5. The van der Waals surface area contributed by atoms with Crippen molar-refractivity contribution in [2.24, 2.45) is 5.73 Å². The summed E-state index contributed by atoms with van der Waals surface area (Å²) in [6, 6.07) is 6.36. The molecule has 0 bridgehead atoms. The maximum absolute atomic E-state index is 11.7. The second-order valence-corrected chi connectivity index (χ2v) is 5.73. The van der Waals surface area contributed by atoms with Gasteiger partial charge in [0, 0.05) is 31.9 Å². The SMILES string of the molecule is Cc1cccc(N2CCN(CC(=O)NCC(N)=O)CC2)c1C. The number of nitrogens with one attached hydrogen (secondary N) is 1. The van der Waals surface area contributed by atoms with Crippen LogP contribution in [0.5, 0.6) is 0 Å². The fourth-order valence-corrected chi connectivity index (χ4v) is 2.67. The van der Waals surface area contributed by atoms with E-state index in [1.165, 1.54) is 16.8 Å². The van der Waals surface area contributed by atoms with Crippen molar-refractivity contribution < 1.29 is 9.59 Å². The van der Waals surface area contributed by atoms with E-state index in [0.29, 0.717) is 6.54 Å². The molecule has 2 amide bonds. The van der Waals surface area contributed by atoms with Gasteiger partial charge in [-0.2, -0.15) is 0 Å². The molecule has 6 nitrogen and oxygen atoms in total. The summed E-state index contributed by atoms with van der Waals surface area (Å²) in [6.45, 7) is 7.94. The lowest BCUT2D eigenvalue weighted by molar-refractivity contribution is -0.125. The van der Waals surface area contributed by atoms with Gasteiger partial charge in [0.1, 0.15) is 0 Å². The largest absolute Gasteiger partial charge is 0.369 e. The van der Waals surface area contributed by atoms with Gasteiger partial charge in [0.05, 0.1) is 13.1 Å². The molecule has 0 radical (unpaired) electrons. The van der Waals surface area contributed by atoms with Crippen LogP contribution in [-0.2, 0) is 9.59 Å². The molecule has 0 aromatic heterocycles. The van der Waals surface area contributed by atoms with Crippen molar-refractivity contribution in [2.45, 2.75) is 13.8 Å². The van der Waals surface area contributed by atoms with E-state index < -0.39 is 5.91 Å². The number of carbonyl (C=O) groups is 2. The van der Waals surface area contributed by atoms with Gasteiger partial charge in [-0.15, -0.1) is 0 Å². The molecule has 1 fully saturated rings. The van der Waals surface area contributed by atoms with Crippen molar-refractivity contribution in [1.82, 2.24) is 10.2 Å². The van der Waals surface area contributed by atoms with Gasteiger partial charge in [-0.25, -0.2) is 0 Å². The minimum Gasteiger partial charge on any atom is -0.369 e. The Morgan fingerprint density at radius 3 is 2.50 bits per heavy atom. The molecule has 1 heterocycles. The van der Waals surface area contributed by atoms with Gasteiger partial charge in [-0.05, 0) is 31.0 Å². The van der Waals surface area contributed by atoms with Crippen molar-refractivity contribution in [2.75, 3.05) is 44.2 Å². The van der Waals surface area contributed by atoms with E-state index in [-0.39, 0.29) is 12.5 Å². The number of nitrogens with two attached hydrogens (primary N) is 1. The second-order valence-electron chi connectivity index (χ2n) is 5.73. The van der Waals surface area contributed by atoms with E-state index >= 15 is 0 Å². The third-order valence-corrected chi connectivity index (χ3v) is 4.12. The lowest BCUT2D eigenvalue weighted by Gasteiger charge is -2.36. The molecule has 1 saturated heterocycles. The van der Waals surface area contributed by atoms with Crippen LogP contribution in [0.3, 0.4) is 0 Å². The smallest absolute Gasteiger partial charge is 0.236 e. The van der Waals surface area contributed by atoms with Crippen molar-refractivity contribution in [3.8, 4) is 0 Å². The molecular formula is C16H24N4O2. The Labute approximate surface area is 131 Å². The normalized spacial score (nSPS) is 15.6. The summed E-state index contributed by atoms with van der Waals surface area (Å²) in [7, 11) is 0. The number of primary amides is 1. The van der Waals surface area contributed by atoms with E-state index in [1.54, 1.807) is 0 Å². The highest BCUT2D eigenvalue weighted by Gasteiger charge is 2.20. The Morgan fingerprint density at radius 1 is 1.18 bits per heavy atom. The van der Waals surface area contributed by atoms with Crippen molar-refractivity contribution in [3.05, 3.63) is 29.3 Å². The first-order valence-corrected chi connectivity index (χ1v) is 7.56. The molecule has 1 aromatic carbocycles. The molecular weight excluding hydrogens is 280 g/mol. The molecule has 1 aliphatic heterocycles. The average molecular weight is 304 g/mol. The van der Waals surface area contributed by atoms with Gasteiger partial charge in [0.15, 0.2) is 0 Å². The number of hydrogen-bond donors (Lipinski definition) is 2. The number of amides is 2. The number of hydrogen-bond acceptors (Lipinski definition) is 4. The topological polar surface area (TPSA) is 78.7 Å². The molecule has 1 aromatic rings. The molecule has 1 aliphatic rings. The molecule has 120 valence electrons. The summed E-state index contributed by atoms with van der Waals surface area (Å²) in [5, 5.41) is 2.52. The highest BCUT2D eigenvalue weighted by molar-refractivity contribution is 5.84. The van der Waals surface area contributed by atoms with Crippen LogP contribution < -0.4 is 16.0 Å². The molecule has 0 spiro atoms. The van der Waals surface area contributed by atoms with Crippen LogP contribution >= 0.6 is 0 Å². The molecule has 22 heavy (non-hydrogen) atoms. The van der Waals surface area contributed by atoms with Crippen LogP contribution in [0.15, 0.2) is 18.2 Å². The third kappa shape index (κ3) is 4.21. The van der Waals surface area contributed by atoms with Crippen molar-refractivity contribution in [3.63, 3.8) is 0 Å². The van der Waals surface area contributed by atoms with E-state index in [2.05, 4.69) is 47.2 Å². The molecule has 3 N–H and O–H groups in total. The number of anilines is 1. The molecule has 0 atom stereocenters. The van der Waals surface area contributed by atoms with E-state index in [0.717, 1.165) is 26.2 Å². The van der Waals surface area contributed by atoms with Gasteiger partial charge in [-0.3, -0.25) is 14.5 Å². The highest BCUT2D eigenvalue weighted by atomic mass is 16.2. The zero-order chi connectivity index (χ0) is 16.1. The molecule has 0 aliphatic carbocycles. The summed E-state index contributed by atoms with van der Waals surface area (Å²) in [5.74, 6) is -0.674. The van der Waals surface area contributed by atoms with Crippen LogP contribution in [0.2, 0.25) is 0 Å². The van der Waals surface area contributed by atoms with Crippen LogP contribution in [-0.4, -0.2) is 56.0 Å². The predicted molar refractivity (Wildman–Crippen MR) is 86.8 cm³/mol. The zero-order valence-corrected chi connectivity index (χ0v) is 13.3. The lowest BCUT2D eigenvalue weighted by Crippen LogP contribution is -2.50. The van der Waals surface area contributed by atoms with E-state index in [4.69, 9.17) is 5.73 Å². The van der Waals surface area contributed by atoms with Crippen molar-refractivity contribution in [1.29, 1.82) is 0 Å². The molecule has 0 saturated carbocycles. The summed E-state index contributed by atoms with van der Waals surface area (Å²) in [4.78, 5) is 26.8. The van der Waals surface area contributed by atoms with E-state index in [9.17, 15) is 9.59 Å². The monoisotopic (exact) mass is 304 g/mol. The molecule has 0 unspecified atom stereocenters. The fourth-order valence-electron chi connectivity index (χ4n) is 2.67. The number of piperazine rings is 1. The van der Waals surface area contributed by atoms with Crippen LogP contribution in [0, 0.1) is 13.8 Å². The summed E-state index contributed by atoms with van der Waals surface area (Å²) < 4.78 is 0. The second kappa shape index (κ2) is 7.26. The van der Waals surface area contributed by atoms with Crippen LogP contribution in [0.1, 0.15) is 11.1 Å². The Kier molecular flexibility index (Phi) is 5.38. The Morgan fingerprint density at radius 2 is 1.86 bits per heavy atom. The summed E-state index contributed by atoms with van der Waals surface area (Å²) >= 11 is 0. The van der Waals surface area contributed by atoms with Gasteiger partial charge in [0.25, 0.3) is 0 Å². The molecule has 2 rings (SSSR count). The van der Waals surface area contributed by atoms with Crippen molar-refractivity contribution >= 4 is 17.5 Å². The fraction of sp³-hybridized carbons (Fsp3) is 0.500. The van der Waals surface area contributed by atoms with Crippen LogP contribution in [0.4, 0.5) is 5.69 Å². The summed E-state index contributed by atoms with van der Waals surface area (Å²) in [5.41, 5.74) is 8.90. The average Bonchev–Trinajstić information content (AvgIpc) is 2.49. The minimum absolute atomic E-state index is 0.0959. The number of carbonyl (C=O) groups excluding carboxylic acids is 2. The van der Waals surface area contributed by atoms with Gasteiger partial charge < -0.3 is 16.0 Å². The Balaban J connectivity index is 1.84. The Bertz CT molecular complexity index is 551. The minimum atomic E-state index is -0.520. The zero-order valence-electron chi connectivity index (χ0n) is 13.3. The number of aryl methyl sites for hydroxylation is 1. The van der Waals surface area contributed by atoms with Gasteiger partial charge in [0.2, 0.25) is 11.8 Å². The predicted octanol–water partition coefficient (Wildman–Crippen LogP) is 0.0269. The van der Waals surface area contributed by atoms with E-state index in [1.807, 2.05) is 0 Å². The van der Waals surface area contributed by atoms with Gasteiger partial charge in [-0.1, -0.05) is 12.1 Å². The highest BCUT2D eigenvalue weighted by Crippen LogP contribution is 2.23. The standard InChI is InChI=1S/C16H24N4O2/c1-12-4-3-5-14(13(12)2)20-8-6-19(7-9-20)11-16(22)18-10-15(17)21/h3-5H,6-11H2,1-2H3,(H2,17,21)(H,18,22). The first kappa shape index (κ1) is 16.3. The molecule has 6 heteroatoms. The van der Waals surface area contributed by atoms with Gasteiger partial charge >= 0.3 is 0 Å². The quantitative estimate of drug-likeness (QED) is 0.804. The first-order valence-electron chi connectivity index (χ1n) is 7.56. The maximum Gasteiger partial charge on any atom is 0.236 e. The number of benzene rings is 1. The number of rotatable bonds is 5. The lowest BCUT2D eigenvalue weighted by atomic mass is 10.1. The third-order valence-electron chi connectivity index (χ3n) is 4.12.